The smallest absolute Gasteiger partial charge is 0.270 e. The molecule has 0 saturated carbocycles. The number of carbonyl (C=O) groups excluding carboxylic acids is 1. The van der Waals surface area contributed by atoms with Gasteiger partial charge in [0.2, 0.25) is 5.95 Å². The second-order valence-corrected chi connectivity index (χ2v) is 7.33. The molecule has 2 aliphatic heterocycles. The highest BCUT2D eigenvalue weighted by Gasteiger charge is 2.28. The maximum Gasteiger partial charge on any atom is 0.270 e. The zero-order valence-electron chi connectivity index (χ0n) is 16.2. The van der Waals surface area contributed by atoms with Crippen LogP contribution in [-0.2, 0) is 0 Å². The van der Waals surface area contributed by atoms with Crippen molar-refractivity contribution in [2.24, 2.45) is 0 Å². The fraction of sp³-hybridized carbons (Fsp3) is 0.450. The molecule has 2 saturated heterocycles. The van der Waals surface area contributed by atoms with E-state index in [4.69, 9.17) is 0 Å². The summed E-state index contributed by atoms with van der Waals surface area (Å²) in [5.41, 5.74) is 1.17. The standard InChI is InChI=1S/C20H24N6O3/c27-19(24-11-13-25(14-12-24)20-21-7-4-8-22-20)17-15-16(26(28)29)5-6-18(17)23-9-2-1-3-10-23/h4-8,15H,1-3,9-14H2. The van der Waals surface area contributed by atoms with Crippen molar-refractivity contribution in [1.82, 2.24) is 14.9 Å². The first-order valence-corrected chi connectivity index (χ1v) is 9.98. The quantitative estimate of drug-likeness (QED) is 0.578. The minimum Gasteiger partial charge on any atom is -0.371 e. The van der Waals surface area contributed by atoms with Crippen LogP contribution in [0.2, 0.25) is 0 Å². The first-order chi connectivity index (χ1) is 14.1. The number of nitrogens with zero attached hydrogens (tertiary/aromatic N) is 6. The molecule has 29 heavy (non-hydrogen) atoms. The van der Waals surface area contributed by atoms with Crippen LogP contribution in [0.15, 0.2) is 36.7 Å². The highest BCUT2D eigenvalue weighted by Crippen LogP contribution is 2.29. The lowest BCUT2D eigenvalue weighted by atomic mass is 10.0. The van der Waals surface area contributed by atoms with Gasteiger partial charge in [0.05, 0.1) is 16.2 Å². The van der Waals surface area contributed by atoms with Gasteiger partial charge in [-0.2, -0.15) is 0 Å². The van der Waals surface area contributed by atoms with Crippen molar-refractivity contribution in [1.29, 1.82) is 0 Å². The van der Waals surface area contributed by atoms with Crippen LogP contribution in [-0.4, -0.2) is 65.0 Å². The number of benzene rings is 1. The van der Waals surface area contributed by atoms with Crippen molar-refractivity contribution >= 4 is 23.2 Å². The maximum atomic E-state index is 13.3. The van der Waals surface area contributed by atoms with Crippen LogP contribution in [0.4, 0.5) is 17.3 Å². The summed E-state index contributed by atoms with van der Waals surface area (Å²) in [5.74, 6) is 0.506. The average molecular weight is 396 g/mol. The van der Waals surface area contributed by atoms with Crippen LogP contribution in [0.1, 0.15) is 29.6 Å². The second kappa shape index (κ2) is 8.42. The van der Waals surface area contributed by atoms with Crippen LogP contribution in [0.25, 0.3) is 0 Å². The number of carbonyl (C=O) groups is 1. The molecule has 0 radical (unpaired) electrons. The van der Waals surface area contributed by atoms with Crippen LogP contribution in [0.5, 0.6) is 0 Å². The molecule has 4 rings (SSSR count). The van der Waals surface area contributed by atoms with Crippen molar-refractivity contribution in [3.8, 4) is 0 Å². The van der Waals surface area contributed by atoms with Gasteiger partial charge in [0.15, 0.2) is 0 Å². The number of aromatic nitrogens is 2. The first-order valence-electron chi connectivity index (χ1n) is 9.98. The molecule has 1 amide bonds. The number of rotatable bonds is 4. The fourth-order valence-corrected chi connectivity index (χ4v) is 3.95. The number of nitro benzene ring substituents is 1. The summed E-state index contributed by atoms with van der Waals surface area (Å²) in [7, 11) is 0. The monoisotopic (exact) mass is 396 g/mol. The lowest BCUT2D eigenvalue weighted by molar-refractivity contribution is -0.384. The third-order valence-electron chi connectivity index (χ3n) is 5.52. The van der Waals surface area contributed by atoms with Gasteiger partial charge in [-0.15, -0.1) is 0 Å². The van der Waals surface area contributed by atoms with Crippen LogP contribution in [0, 0.1) is 10.1 Å². The van der Waals surface area contributed by atoms with Crippen LogP contribution < -0.4 is 9.80 Å². The molecule has 0 spiro atoms. The average Bonchev–Trinajstić information content (AvgIpc) is 2.79. The summed E-state index contributed by atoms with van der Waals surface area (Å²) < 4.78 is 0. The van der Waals surface area contributed by atoms with Crippen molar-refractivity contribution in [2.45, 2.75) is 19.3 Å². The summed E-state index contributed by atoms with van der Waals surface area (Å²) in [6.45, 7) is 4.06. The Bertz CT molecular complexity index is 877. The number of non-ortho nitro benzene ring substituents is 1. The summed E-state index contributed by atoms with van der Waals surface area (Å²) in [6, 6.07) is 6.42. The third-order valence-corrected chi connectivity index (χ3v) is 5.52. The first kappa shape index (κ1) is 19.1. The normalized spacial score (nSPS) is 17.3. The summed E-state index contributed by atoms with van der Waals surface area (Å²) in [4.78, 5) is 38.7. The molecular weight excluding hydrogens is 372 g/mol. The van der Waals surface area contributed by atoms with Gasteiger partial charge >= 0.3 is 0 Å². The number of piperazine rings is 1. The van der Waals surface area contributed by atoms with Crippen molar-refractivity contribution in [3.05, 3.63) is 52.3 Å². The molecule has 0 aliphatic carbocycles. The molecule has 0 atom stereocenters. The highest BCUT2D eigenvalue weighted by molar-refractivity contribution is 6.00. The Balaban J connectivity index is 1.54. The molecule has 0 N–H and O–H groups in total. The SMILES string of the molecule is O=C(c1cc([N+](=O)[O-])ccc1N1CCCCC1)N1CCN(c2ncccn2)CC1. The molecule has 9 nitrogen and oxygen atoms in total. The Morgan fingerprint density at radius 1 is 0.931 bits per heavy atom. The Kier molecular flexibility index (Phi) is 5.55. The van der Waals surface area contributed by atoms with Gasteiger partial charge in [0.1, 0.15) is 0 Å². The van der Waals surface area contributed by atoms with Gasteiger partial charge in [0, 0.05) is 63.8 Å². The summed E-state index contributed by atoms with van der Waals surface area (Å²) >= 11 is 0. The topological polar surface area (TPSA) is 95.7 Å². The molecule has 2 fully saturated rings. The van der Waals surface area contributed by atoms with Gasteiger partial charge in [-0.05, 0) is 31.4 Å². The number of hydrogen-bond donors (Lipinski definition) is 0. The molecule has 0 unspecified atom stereocenters. The zero-order chi connectivity index (χ0) is 20.2. The zero-order valence-corrected chi connectivity index (χ0v) is 16.2. The Hall–Kier alpha value is -3.23. The largest absolute Gasteiger partial charge is 0.371 e. The minimum absolute atomic E-state index is 0.0505. The number of piperidine rings is 1. The Morgan fingerprint density at radius 2 is 1.62 bits per heavy atom. The van der Waals surface area contributed by atoms with E-state index in [2.05, 4.69) is 14.9 Å². The summed E-state index contributed by atoms with van der Waals surface area (Å²) in [5, 5.41) is 11.3. The fourth-order valence-electron chi connectivity index (χ4n) is 3.95. The predicted octanol–water partition coefficient (Wildman–Crippen LogP) is 2.34. The molecule has 2 aromatic rings. The lowest BCUT2D eigenvalue weighted by Crippen LogP contribution is -2.49. The van der Waals surface area contributed by atoms with E-state index in [1.807, 2.05) is 4.90 Å². The number of nitro groups is 1. The summed E-state index contributed by atoms with van der Waals surface area (Å²) in [6.07, 6.45) is 6.72. The molecule has 0 bridgehead atoms. The van der Waals surface area contributed by atoms with E-state index in [0.29, 0.717) is 37.7 Å². The molecule has 3 heterocycles. The number of anilines is 2. The lowest BCUT2D eigenvalue weighted by Gasteiger charge is -2.36. The molecule has 1 aromatic heterocycles. The molecule has 9 heteroatoms. The van der Waals surface area contributed by atoms with E-state index in [9.17, 15) is 14.9 Å². The predicted molar refractivity (Wildman–Crippen MR) is 109 cm³/mol. The van der Waals surface area contributed by atoms with Gasteiger partial charge in [-0.1, -0.05) is 0 Å². The van der Waals surface area contributed by atoms with E-state index >= 15 is 0 Å². The van der Waals surface area contributed by atoms with E-state index in [1.54, 1.807) is 29.4 Å². The van der Waals surface area contributed by atoms with E-state index in [1.165, 1.54) is 18.6 Å². The maximum absolute atomic E-state index is 13.3. The molecular formula is C20H24N6O3. The number of amides is 1. The van der Waals surface area contributed by atoms with Crippen molar-refractivity contribution < 1.29 is 9.72 Å². The minimum atomic E-state index is -0.443. The molecule has 2 aliphatic rings. The van der Waals surface area contributed by atoms with Gasteiger partial charge in [0.25, 0.3) is 11.6 Å². The van der Waals surface area contributed by atoms with Gasteiger partial charge in [-0.3, -0.25) is 14.9 Å². The Labute approximate surface area is 169 Å². The Morgan fingerprint density at radius 3 is 2.28 bits per heavy atom. The second-order valence-electron chi connectivity index (χ2n) is 7.33. The van der Waals surface area contributed by atoms with E-state index < -0.39 is 4.92 Å². The molecule has 152 valence electrons. The van der Waals surface area contributed by atoms with E-state index in [-0.39, 0.29) is 11.6 Å². The number of hydrogen-bond acceptors (Lipinski definition) is 7. The third kappa shape index (κ3) is 4.13. The highest BCUT2D eigenvalue weighted by atomic mass is 16.6. The van der Waals surface area contributed by atoms with Crippen molar-refractivity contribution in [3.63, 3.8) is 0 Å². The van der Waals surface area contributed by atoms with Crippen LogP contribution in [0.3, 0.4) is 0 Å². The van der Waals surface area contributed by atoms with Gasteiger partial charge in [-0.25, -0.2) is 9.97 Å². The van der Waals surface area contributed by atoms with Crippen molar-refractivity contribution in [2.75, 3.05) is 49.1 Å². The van der Waals surface area contributed by atoms with Crippen LogP contribution >= 0.6 is 0 Å². The molecule has 1 aromatic carbocycles. The van der Waals surface area contributed by atoms with Gasteiger partial charge < -0.3 is 14.7 Å². The van der Waals surface area contributed by atoms with E-state index in [0.717, 1.165) is 31.6 Å².